The van der Waals surface area contributed by atoms with Crippen molar-refractivity contribution >= 4 is 5.91 Å². The molecule has 1 aliphatic heterocycles. The lowest BCUT2D eigenvalue weighted by Crippen LogP contribution is -2.56. The molecule has 2 aromatic rings. The topological polar surface area (TPSA) is 67.5 Å². The van der Waals surface area contributed by atoms with Gasteiger partial charge in [-0.25, -0.2) is 0 Å². The molecule has 1 aromatic heterocycles. The van der Waals surface area contributed by atoms with Gasteiger partial charge in [0, 0.05) is 25.8 Å². The fourth-order valence-corrected chi connectivity index (χ4v) is 5.29. The van der Waals surface area contributed by atoms with Gasteiger partial charge in [0.2, 0.25) is 0 Å². The van der Waals surface area contributed by atoms with Crippen LogP contribution in [0.5, 0.6) is 0 Å². The number of aromatic nitrogens is 2. The van der Waals surface area contributed by atoms with Gasteiger partial charge < -0.3 is 14.4 Å². The van der Waals surface area contributed by atoms with Crippen LogP contribution in [-0.4, -0.2) is 59.0 Å². The van der Waals surface area contributed by atoms with Crippen molar-refractivity contribution in [3.05, 3.63) is 53.9 Å². The molecule has 1 amide bonds. The number of H-pyrrole nitrogens is 1. The Hall–Kier alpha value is -2.18. The van der Waals surface area contributed by atoms with Crippen LogP contribution < -0.4 is 0 Å². The summed E-state index contributed by atoms with van der Waals surface area (Å²) in [6.07, 6.45) is 8.52. The number of aromatic amines is 1. The van der Waals surface area contributed by atoms with Gasteiger partial charge in [-0.15, -0.1) is 0 Å². The first kappa shape index (κ1) is 23.0. The lowest BCUT2D eigenvalue weighted by atomic mass is 9.82. The zero-order valence-corrected chi connectivity index (χ0v) is 19.6. The number of likely N-dealkylation sites (tertiary alicyclic amines) is 1. The average Bonchev–Trinajstić information content (AvgIpc) is 3.38. The van der Waals surface area contributed by atoms with E-state index in [1.165, 1.54) is 5.56 Å². The average molecular weight is 440 g/mol. The van der Waals surface area contributed by atoms with Crippen molar-refractivity contribution in [1.29, 1.82) is 0 Å². The minimum absolute atomic E-state index is 0.0270. The summed E-state index contributed by atoms with van der Waals surface area (Å²) in [6.45, 7) is 4.97. The predicted molar refractivity (Wildman–Crippen MR) is 125 cm³/mol. The van der Waals surface area contributed by atoms with Gasteiger partial charge in [0.15, 0.2) is 0 Å². The lowest BCUT2D eigenvalue weighted by Gasteiger charge is -2.44. The number of piperidine rings is 1. The van der Waals surface area contributed by atoms with Gasteiger partial charge >= 0.3 is 0 Å². The molecule has 6 heteroatoms. The van der Waals surface area contributed by atoms with Crippen LogP contribution in [0, 0.1) is 0 Å². The Morgan fingerprint density at radius 1 is 1.12 bits per heavy atom. The largest absolute Gasteiger partial charge is 0.376 e. The summed E-state index contributed by atoms with van der Waals surface area (Å²) < 4.78 is 12.0. The number of ether oxygens (including phenoxy) is 2. The number of carbonyl (C=O) groups is 1. The molecule has 0 spiro atoms. The van der Waals surface area contributed by atoms with E-state index < -0.39 is 5.60 Å². The van der Waals surface area contributed by atoms with Gasteiger partial charge in [0.05, 0.1) is 24.4 Å². The van der Waals surface area contributed by atoms with Gasteiger partial charge in [-0.05, 0) is 69.9 Å². The van der Waals surface area contributed by atoms with Crippen molar-refractivity contribution in [3.63, 3.8) is 0 Å². The van der Waals surface area contributed by atoms with Crippen molar-refractivity contribution < 1.29 is 14.3 Å². The van der Waals surface area contributed by atoms with E-state index in [-0.39, 0.29) is 24.0 Å². The Morgan fingerprint density at radius 2 is 1.88 bits per heavy atom. The molecule has 2 heterocycles. The fraction of sp³-hybridized carbons (Fsp3) is 0.615. The van der Waals surface area contributed by atoms with Crippen LogP contribution in [0.2, 0.25) is 0 Å². The standard InChI is InChI=1S/C26H37N3O3/c1-26(2,31-3)25(30)29-17-7-10-22(23-15-16-27-28-23)24(29)18-32-21-13-11-20(12-14-21)19-8-5-4-6-9-19/h4-6,8-9,15-16,20-22,24H,7,10-14,17-18H2,1-3H3,(H,27,28). The van der Waals surface area contributed by atoms with E-state index in [1.54, 1.807) is 7.11 Å². The molecular weight excluding hydrogens is 402 g/mol. The molecule has 0 bridgehead atoms. The monoisotopic (exact) mass is 439 g/mol. The second kappa shape index (κ2) is 10.2. The molecule has 1 N–H and O–H groups in total. The molecule has 1 saturated carbocycles. The Bertz CT molecular complexity index is 844. The summed E-state index contributed by atoms with van der Waals surface area (Å²) in [5, 5.41) is 7.39. The van der Waals surface area contributed by atoms with Crippen LogP contribution in [-0.2, 0) is 14.3 Å². The van der Waals surface area contributed by atoms with E-state index in [1.807, 2.05) is 31.0 Å². The Balaban J connectivity index is 1.42. The van der Waals surface area contributed by atoms with Crippen molar-refractivity contribution in [1.82, 2.24) is 15.1 Å². The molecule has 1 saturated heterocycles. The third-order valence-electron chi connectivity index (χ3n) is 7.42. The van der Waals surface area contributed by atoms with E-state index in [4.69, 9.17) is 9.47 Å². The zero-order valence-electron chi connectivity index (χ0n) is 19.6. The first-order valence-corrected chi connectivity index (χ1v) is 12.0. The van der Waals surface area contributed by atoms with Crippen LogP contribution in [0.1, 0.15) is 75.5 Å². The van der Waals surface area contributed by atoms with E-state index in [0.717, 1.165) is 50.8 Å². The third kappa shape index (κ3) is 5.07. The van der Waals surface area contributed by atoms with Crippen molar-refractivity contribution in [2.24, 2.45) is 0 Å². The van der Waals surface area contributed by atoms with Crippen molar-refractivity contribution in [2.75, 3.05) is 20.3 Å². The second-order valence-electron chi connectivity index (χ2n) is 9.75. The summed E-state index contributed by atoms with van der Waals surface area (Å²) in [5.74, 6) is 0.831. The molecule has 2 atom stereocenters. The van der Waals surface area contributed by atoms with E-state index >= 15 is 0 Å². The lowest BCUT2D eigenvalue weighted by molar-refractivity contribution is -0.158. The number of hydrogen-bond acceptors (Lipinski definition) is 4. The van der Waals surface area contributed by atoms with Crippen LogP contribution in [0.3, 0.4) is 0 Å². The fourth-order valence-electron chi connectivity index (χ4n) is 5.29. The van der Waals surface area contributed by atoms with Crippen LogP contribution in [0.15, 0.2) is 42.6 Å². The maximum atomic E-state index is 13.3. The van der Waals surface area contributed by atoms with Crippen LogP contribution in [0.25, 0.3) is 0 Å². The number of nitrogens with zero attached hydrogens (tertiary/aromatic N) is 2. The van der Waals surface area contributed by atoms with Crippen LogP contribution in [0.4, 0.5) is 0 Å². The predicted octanol–water partition coefficient (Wildman–Crippen LogP) is 4.65. The first-order valence-electron chi connectivity index (χ1n) is 12.0. The molecule has 32 heavy (non-hydrogen) atoms. The highest BCUT2D eigenvalue weighted by atomic mass is 16.5. The second-order valence-corrected chi connectivity index (χ2v) is 9.75. The Morgan fingerprint density at radius 3 is 2.53 bits per heavy atom. The van der Waals surface area contributed by atoms with Gasteiger partial charge in [0.1, 0.15) is 5.60 Å². The van der Waals surface area contributed by atoms with Gasteiger partial charge in [0.25, 0.3) is 5.91 Å². The number of nitrogens with one attached hydrogen (secondary N) is 1. The molecule has 4 rings (SSSR count). The number of benzene rings is 1. The minimum Gasteiger partial charge on any atom is -0.376 e. The number of rotatable bonds is 7. The minimum atomic E-state index is -0.848. The van der Waals surface area contributed by atoms with Gasteiger partial charge in [-0.1, -0.05) is 30.3 Å². The highest BCUT2D eigenvalue weighted by molar-refractivity contribution is 5.85. The summed E-state index contributed by atoms with van der Waals surface area (Å²) in [7, 11) is 1.60. The summed E-state index contributed by atoms with van der Waals surface area (Å²) in [5.41, 5.74) is 1.61. The molecule has 1 aromatic carbocycles. The Kier molecular flexibility index (Phi) is 7.31. The third-order valence-corrected chi connectivity index (χ3v) is 7.42. The highest BCUT2D eigenvalue weighted by Gasteiger charge is 2.42. The molecule has 2 unspecified atom stereocenters. The normalized spacial score (nSPS) is 26.8. The SMILES string of the molecule is COC(C)(C)C(=O)N1CCCC(c2cc[nH]n2)C1COC1CCC(c2ccccc2)CC1. The van der Waals surface area contributed by atoms with Crippen LogP contribution >= 0.6 is 0 Å². The molecule has 2 aliphatic rings. The van der Waals surface area contributed by atoms with E-state index in [9.17, 15) is 4.79 Å². The zero-order chi connectivity index (χ0) is 22.6. The number of hydrogen-bond donors (Lipinski definition) is 1. The van der Waals surface area contributed by atoms with E-state index in [0.29, 0.717) is 12.5 Å². The Labute approximate surface area is 191 Å². The first-order chi connectivity index (χ1) is 15.5. The number of methoxy groups -OCH3 is 1. The molecule has 2 fully saturated rings. The molecule has 0 radical (unpaired) electrons. The molecule has 174 valence electrons. The molecular formula is C26H37N3O3. The summed E-state index contributed by atoms with van der Waals surface area (Å²) in [6, 6.07) is 12.8. The summed E-state index contributed by atoms with van der Waals surface area (Å²) >= 11 is 0. The maximum absolute atomic E-state index is 13.3. The smallest absolute Gasteiger partial charge is 0.254 e. The van der Waals surface area contributed by atoms with E-state index in [2.05, 4.69) is 40.5 Å². The van der Waals surface area contributed by atoms with Crippen molar-refractivity contribution in [2.45, 2.75) is 82.0 Å². The highest BCUT2D eigenvalue weighted by Crippen LogP contribution is 2.36. The van der Waals surface area contributed by atoms with Gasteiger partial charge in [-0.3, -0.25) is 9.89 Å². The van der Waals surface area contributed by atoms with Crippen molar-refractivity contribution in [3.8, 4) is 0 Å². The molecule has 6 nitrogen and oxygen atoms in total. The van der Waals surface area contributed by atoms with Gasteiger partial charge in [-0.2, -0.15) is 5.10 Å². The quantitative estimate of drug-likeness (QED) is 0.682. The molecule has 1 aliphatic carbocycles. The summed E-state index contributed by atoms with van der Waals surface area (Å²) in [4.78, 5) is 15.3. The number of amides is 1. The number of carbonyl (C=O) groups excluding carboxylic acids is 1. The maximum Gasteiger partial charge on any atom is 0.254 e.